The summed E-state index contributed by atoms with van der Waals surface area (Å²) in [4.78, 5) is 66.1. The number of alkyl carbamates (subject to hydrolysis) is 1. The molecule has 3 aromatic rings. The third-order valence-corrected chi connectivity index (χ3v) is 13.5. The summed E-state index contributed by atoms with van der Waals surface area (Å²) >= 11 is 1.54. The van der Waals surface area contributed by atoms with Gasteiger partial charge in [-0.2, -0.15) is 0 Å². The summed E-state index contributed by atoms with van der Waals surface area (Å²) in [6.45, 7) is 0.0393. The first-order valence-corrected chi connectivity index (χ1v) is 22.4. The lowest BCUT2D eigenvalue weighted by molar-refractivity contribution is -0.145. The van der Waals surface area contributed by atoms with Crippen molar-refractivity contribution < 1.29 is 38.5 Å². The van der Waals surface area contributed by atoms with E-state index in [4.69, 9.17) is 24.2 Å². The van der Waals surface area contributed by atoms with Gasteiger partial charge in [0.1, 0.15) is 47.0 Å². The van der Waals surface area contributed by atoms with Gasteiger partial charge < -0.3 is 40.2 Å². The number of benzene rings is 1. The van der Waals surface area contributed by atoms with Gasteiger partial charge in [0.25, 0.3) is 0 Å². The smallest absolute Gasteiger partial charge is 0.408 e. The zero-order chi connectivity index (χ0) is 40.9. The molecule has 4 fully saturated rings. The first kappa shape index (κ1) is 40.8. The van der Waals surface area contributed by atoms with E-state index in [9.17, 15) is 24.3 Å². The summed E-state index contributed by atoms with van der Waals surface area (Å²) < 4.78 is 18.0. The Morgan fingerprint density at radius 2 is 1.69 bits per heavy atom. The summed E-state index contributed by atoms with van der Waals surface area (Å²) in [5.41, 5.74) is 0.483. The van der Waals surface area contributed by atoms with Crippen LogP contribution >= 0.6 is 11.3 Å². The van der Waals surface area contributed by atoms with Crippen LogP contribution in [0, 0.1) is 5.92 Å². The first-order chi connectivity index (χ1) is 28.7. The Hall–Kier alpha value is -4.92. The highest BCUT2D eigenvalue weighted by atomic mass is 32.1. The molecule has 4 N–H and O–H groups in total. The molecular weight excluding hydrogens is 773 g/mol. The SMILES string of the molecule is COc1ccc2c(O[C@@H]3C[C@H]4C(=O)NC5(C(=O)O)CC5/C=C\CCCCC[C@H](NC(=O)OC5CCCC5)C(=O)N4C3)cc(-c3csc(NC4CCCCCC4)n3)nc2c1. The Morgan fingerprint density at radius 3 is 2.47 bits per heavy atom. The number of nitrogens with zero attached hydrogens (tertiary/aromatic N) is 3. The fraction of sp³-hybridized carbons (Fsp3) is 0.591. The molecule has 2 unspecified atom stereocenters. The summed E-state index contributed by atoms with van der Waals surface area (Å²) in [7, 11) is 1.60. The van der Waals surface area contributed by atoms with Crippen molar-refractivity contribution in [1.82, 2.24) is 25.5 Å². The molecule has 15 heteroatoms. The van der Waals surface area contributed by atoms with E-state index in [-0.39, 0.29) is 31.4 Å². The van der Waals surface area contributed by atoms with E-state index in [0.717, 1.165) is 62.9 Å². The van der Waals surface area contributed by atoms with Crippen LogP contribution in [0.15, 0.2) is 41.8 Å². The molecule has 0 radical (unpaired) electrons. The Bertz CT molecular complexity index is 2040. The molecule has 2 aromatic heterocycles. The van der Waals surface area contributed by atoms with Gasteiger partial charge in [-0.3, -0.25) is 9.59 Å². The Labute approximate surface area is 348 Å². The minimum atomic E-state index is -1.45. The zero-order valence-electron chi connectivity index (χ0n) is 33.8. The number of allylic oxidation sites excluding steroid dienone is 1. The van der Waals surface area contributed by atoms with Crippen LogP contribution in [-0.2, 0) is 19.1 Å². The van der Waals surface area contributed by atoms with E-state index in [2.05, 4.69) is 16.0 Å². The van der Waals surface area contributed by atoms with Gasteiger partial charge in [-0.1, -0.05) is 50.7 Å². The number of thiazole rings is 1. The molecule has 316 valence electrons. The van der Waals surface area contributed by atoms with E-state index in [1.807, 2.05) is 41.8 Å². The van der Waals surface area contributed by atoms with Crippen LogP contribution in [0.3, 0.4) is 0 Å². The summed E-state index contributed by atoms with van der Waals surface area (Å²) in [6.07, 6.45) is 17.0. The number of ether oxygens (including phenoxy) is 3. The van der Waals surface area contributed by atoms with Gasteiger partial charge in [0, 0.05) is 41.3 Å². The second-order valence-electron chi connectivity index (χ2n) is 16.9. The maximum absolute atomic E-state index is 14.6. The molecule has 14 nitrogen and oxygen atoms in total. The molecule has 0 spiro atoms. The van der Waals surface area contributed by atoms with E-state index in [1.54, 1.807) is 18.4 Å². The van der Waals surface area contributed by atoms with Crippen LogP contribution in [0.25, 0.3) is 22.3 Å². The number of carboxylic acid groups (broad SMARTS) is 1. The van der Waals surface area contributed by atoms with Crippen molar-refractivity contribution in [2.24, 2.45) is 5.92 Å². The number of hydrogen-bond acceptors (Lipinski definition) is 11. The molecule has 1 saturated heterocycles. The third-order valence-electron chi connectivity index (χ3n) is 12.7. The number of methoxy groups -OCH3 is 1. The number of amides is 3. The number of rotatable bonds is 9. The maximum Gasteiger partial charge on any atom is 0.408 e. The van der Waals surface area contributed by atoms with Crippen LogP contribution in [0.4, 0.5) is 9.93 Å². The van der Waals surface area contributed by atoms with E-state index >= 15 is 0 Å². The number of aliphatic carboxylic acids is 1. The van der Waals surface area contributed by atoms with Crippen molar-refractivity contribution in [3.8, 4) is 22.9 Å². The fourth-order valence-corrected chi connectivity index (χ4v) is 10.0. The van der Waals surface area contributed by atoms with Crippen molar-refractivity contribution in [3.05, 3.63) is 41.8 Å². The van der Waals surface area contributed by atoms with Crippen LogP contribution in [0.2, 0.25) is 0 Å². The zero-order valence-corrected chi connectivity index (χ0v) is 34.6. The molecule has 0 bridgehead atoms. The normalized spacial score (nSPS) is 27.6. The molecular formula is C44H56N6O8S. The Morgan fingerprint density at radius 1 is 0.932 bits per heavy atom. The predicted octanol–water partition coefficient (Wildman–Crippen LogP) is 7.37. The highest BCUT2D eigenvalue weighted by Gasteiger charge is 2.61. The predicted molar refractivity (Wildman–Crippen MR) is 224 cm³/mol. The number of carbonyl (C=O) groups excluding carboxylic acids is 3. The molecule has 3 saturated carbocycles. The minimum absolute atomic E-state index is 0.0393. The highest BCUT2D eigenvalue weighted by Crippen LogP contribution is 2.46. The fourth-order valence-electron chi connectivity index (χ4n) is 9.25. The molecule has 3 amide bonds. The van der Waals surface area contributed by atoms with Crippen molar-refractivity contribution >= 4 is 51.2 Å². The number of anilines is 1. The molecule has 1 aromatic carbocycles. The van der Waals surface area contributed by atoms with Crippen LogP contribution in [-0.4, -0.2) is 93.4 Å². The second-order valence-corrected chi connectivity index (χ2v) is 17.8. The standard InChI is InChI=1S/C44H56N6O8S/c1-56-30-19-20-32-34(21-30)46-35(36-26-59-42(47-36)45-28-14-8-5-6-9-15-28)23-38(32)57-31-22-37-39(51)49-44(41(53)54)24-27(44)13-7-3-2-4-10-18-33(40(52)50(37)25-31)48-43(55)58-29-16-11-12-17-29/h7,13,19-21,23,26-29,31,33,37H,2-6,8-12,14-18,22,24-25H2,1H3,(H,45,47)(H,48,55)(H,49,51)(H,53,54)/b13-7-/t27?,31-,33+,37+,44?/m1/s1. The average Bonchev–Trinajstić information content (AvgIpc) is 3.53. The van der Waals surface area contributed by atoms with Crippen molar-refractivity contribution in [1.29, 1.82) is 0 Å². The summed E-state index contributed by atoms with van der Waals surface area (Å²) in [6, 6.07) is 5.80. The number of carboxylic acids is 1. The van der Waals surface area contributed by atoms with E-state index in [1.165, 1.54) is 30.6 Å². The number of aromatic nitrogens is 2. The van der Waals surface area contributed by atoms with Gasteiger partial charge in [-0.15, -0.1) is 11.3 Å². The molecule has 8 rings (SSSR count). The Balaban J connectivity index is 1.08. The summed E-state index contributed by atoms with van der Waals surface area (Å²) in [5.74, 6) is -1.32. The number of nitrogens with one attached hydrogen (secondary N) is 3. The lowest BCUT2D eigenvalue weighted by Crippen LogP contribution is -2.56. The lowest BCUT2D eigenvalue weighted by Gasteiger charge is -2.29. The van der Waals surface area contributed by atoms with Crippen molar-refractivity contribution in [2.75, 3.05) is 19.0 Å². The topological polar surface area (TPSA) is 181 Å². The average molecular weight is 829 g/mol. The summed E-state index contributed by atoms with van der Waals surface area (Å²) in [5, 5.41) is 23.2. The molecule has 59 heavy (non-hydrogen) atoms. The number of hydrogen-bond donors (Lipinski definition) is 4. The quantitative estimate of drug-likeness (QED) is 0.125. The second kappa shape index (κ2) is 18.1. The molecule has 5 atom stereocenters. The number of carbonyl (C=O) groups is 4. The van der Waals surface area contributed by atoms with Crippen molar-refractivity contribution in [3.63, 3.8) is 0 Å². The molecule has 5 aliphatic rings. The van der Waals surface area contributed by atoms with E-state index in [0.29, 0.717) is 52.7 Å². The third kappa shape index (κ3) is 9.45. The number of pyridine rings is 1. The minimum Gasteiger partial charge on any atom is -0.497 e. The Kier molecular flexibility index (Phi) is 12.6. The van der Waals surface area contributed by atoms with Gasteiger partial charge >= 0.3 is 12.1 Å². The van der Waals surface area contributed by atoms with Gasteiger partial charge in [0.15, 0.2) is 5.13 Å². The first-order valence-electron chi connectivity index (χ1n) is 21.6. The molecule has 3 aliphatic carbocycles. The molecule has 2 aliphatic heterocycles. The largest absolute Gasteiger partial charge is 0.497 e. The highest BCUT2D eigenvalue weighted by molar-refractivity contribution is 7.14. The van der Waals surface area contributed by atoms with Crippen molar-refractivity contribution in [2.45, 2.75) is 145 Å². The monoisotopic (exact) mass is 828 g/mol. The molecule has 4 heterocycles. The van der Waals surface area contributed by atoms with Crippen LogP contribution in [0.1, 0.15) is 109 Å². The number of fused-ring (bicyclic) bond motifs is 3. The van der Waals surface area contributed by atoms with Crippen LogP contribution in [0.5, 0.6) is 11.5 Å². The van der Waals surface area contributed by atoms with E-state index < -0.39 is 47.6 Å². The van der Waals surface area contributed by atoms with Gasteiger partial charge in [0.2, 0.25) is 11.8 Å². The van der Waals surface area contributed by atoms with Gasteiger partial charge in [-0.05, 0) is 76.3 Å². The van der Waals surface area contributed by atoms with Gasteiger partial charge in [0.05, 0.1) is 24.9 Å². The van der Waals surface area contributed by atoms with Crippen LogP contribution < -0.4 is 25.4 Å². The van der Waals surface area contributed by atoms with Gasteiger partial charge in [-0.25, -0.2) is 19.6 Å². The maximum atomic E-state index is 14.6. The lowest BCUT2D eigenvalue weighted by atomic mass is 10.0.